The summed E-state index contributed by atoms with van der Waals surface area (Å²) in [5.74, 6) is 0.544. The fraction of sp³-hybridized carbons (Fsp3) is 0.173. The van der Waals surface area contributed by atoms with Gasteiger partial charge in [-0.2, -0.15) is 13.7 Å². The Morgan fingerprint density at radius 2 is 1.26 bits per heavy atom. The van der Waals surface area contributed by atoms with Crippen LogP contribution in [0.5, 0.6) is 5.75 Å². The first-order valence-corrected chi connectivity index (χ1v) is 25.9. The number of thiazole rings is 1. The van der Waals surface area contributed by atoms with E-state index in [4.69, 9.17) is 16.3 Å². The van der Waals surface area contributed by atoms with Gasteiger partial charge in [-0.05, 0) is 115 Å². The molecule has 5 aromatic carbocycles. The minimum Gasteiger partial charge on any atom is -0.486 e. The molecule has 69 heavy (non-hydrogen) atoms. The molecule has 0 aliphatic heterocycles. The molecule has 8 rings (SSSR count). The summed E-state index contributed by atoms with van der Waals surface area (Å²) in [5.41, 5.74) is 6.18. The topological polar surface area (TPSA) is 162 Å². The van der Waals surface area contributed by atoms with Gasteiger partial charge < -0.3 is 9.53 Å². The molecule has 13 nitrogen and oxygen atoms in total. The molecule has 8 aromatic rings. The average Bonchev–Trinajstić information content (AvgIpc) is 4.11. The molecule has 0 atom stereocenters. The van der Waals surface area contributed by atoms with Crippen LogP contribution in [0, 0.1) is 0 Å². The Hall–Kier alpha value is -6.66. The number of aromatic nitrogens is 4. The van der Waals surface area contributed by atoms with Crippen LogP contribution in [0.3, 0.4) is 0 Å². The largest absolute Gasteiger partial charge is 0.486 e. The predicted molar refractivity (Wildman–Crippen MR) is 268 cm³/mol. The van der Waals surface area contributed by atoms with E-state index in [0.717, 1.165) is 44.1 Å². The van der Waals surface area contributed by atoms with Crippen LogP contribution in [0.4, 0.5) is 0 Å². The van der Waals surface area contributed by atoms with Gasteiger partial charge in [-0.15, -0.1) is 11.3 Å². The van der Waals surface area contributed by atoms with Gasteiger partial charge in [-0.25, -0.2) is 26.5 Å². The minimum absolute atomic E-state index is 0.0400. The summed E-state index contributed by atoms with van der Waals surface area (Å²) >= 11 is 7.52. The third-order valence-electron chi connectivity index (χ3n) is 10.6. The number of ketones is 2. The van der Waals surface area contributed by atoms with Crippen LogP contribution in [0.25, 0.3) is 16.3 Å². The summed E-state index contributed by atoms with van der Waals surface area (Å²) < 4.78 is 64.4. The highest BCUT2D eigenvalue weighted by Gasteiger charge is 2.27. The maximum atomic E-state index is 13.6. The number of nitrogens with zero attached hydrogens (tertiary/aromatic N) is 6. The van der Waals surface area contributed by atoms with Crippen molar-refractivity contribution < 1.29 is 31.2 Å². The lowest BCUT2D eigenvalue weighted by atomic mass is 10.1. The zero-order valence-electron chi connectivity index (χ0n) is 37.8. The van der Waals surface area contributed by atoms with Crippen LogP contribution in [0.2, 0.25) is 5.02 Å². The number of benzene rings is 5. The Kier molecular flexibility index (Phi) is 17.2. The van der Waals surface area contributed by atoms with Gasteiger partial charge in [0.05, 0.1) is 10.6 Å². The number of carbonyl (C=O) groups excluding carboxylic acids is 2. The summed E-state index contributed by atoms with van der Waals surface area (Å²) in [6, 6.07) is 41.3. The molecule has 0 bridgehead atoms. The van der Waals surface area contributed by atoms with E-state index >= 15 is 0 Å². The number of hydrogen-bond acceptors (Lipinski definition) is 11. The lowest BCUT2D eigenvalue weighted by Crippen LogP contribution is -2.30. The third kappa shape index (κ3) is 14.2. The van der Waals surface area contributed by atoms with Crippen LogP contribution >= 0.6 is 22.9 Å². The number of sulfonamides is 2. The van der Waals surface area contributed by atoms with Gasteiger partial charge >= 0.3 is 0 Å². The van der Waals surface area contributed by atoms with Crippen molar-refractivity contribution in [2.45, 2.75) is 62.7 Å². The standard InChI is InChI=1S/C26H23ClN2O4S2.C26H26N4O3S/c1-19(30)18-33-24-4-2-3-21(15-24)17-29(35(31,32)25-11-9-23(27)10-12-25)16-20-5-7-22(8-6-20)26-28-13-14-34-26;1-21(31)8-9-22-5-2-6-24(17-22)20-29(34(32,33)26-7-3-14-27-18-26)19-23-10-12-25(13-11-23)30-16-4-15-28-30/h2-15H,16-18H2,1H3;2-7,10-18H,8-9,19-20H2,1H3. The quantitative estimate of drug-likeness (QED) is 0.0719. The molecule has 0 saturated heterocycles. The van der Waals surface area contributed by atoms with Crippen molar-refractivity contribution in [1.82, 2.24) is 28.4 Å². The number of rotatable bonds is 20. The molecule has 17 heteroatoms. The molecule has 0 aliphatic carbocycles. The van der Waals surface area contributed by atoms with Crippen LogP contribution in [0.15, 0.2) is 186 Å². The van der Waals surface area contributed by atoms with Gasteiger partial charge in [0.1, 0.15) is 28.0 Å². The van der Waals surface area contributed by atoms with Crippen molar-refractivity contribution in [3.63, 3.8) is 0 Å². The number of halogens is 1. The second-order valence-corrected chi connectivity index (χ2v) is 21.2. The Labute approximate surface area is 411 Å². The van der Waals surface area contributed by atoms with Crippen molar-refractivity contribution in [3.8, 4) is 22.0 Å². The second-order valence-electron chi connectivity index (χ2n) is 16.0. The first-order chi connectivity index (χ1) is 33.2. The molecule has 0 aliphatic rings. The second kappa shape index (κ2) is 23.6. The summed E-state index contributed by atoms with van der Waals surface area (Å²) in [4.78, 5) is 31.3. The van der Waals surface area contributed by atoms with E-state index in [1.807, 2.05) is 96.5 Å². The smallest absolute Gasteiger partial charge is 0.245 e. The van der Waals surface area contributed by atoms with Gasteiger partial charge in [0.15, 0.2) is 5.78 Å². The lowest BCUT2D eigenvalue weighted by molar-refractivity contribution is -0.119. The van der Waals surface area contributed by atoms with Gasteiger partial charge in [-0.1, -0.05) is 84.4 Å². The zero-order valence-corrected chi connectivity index (χ0v) is 41.0. The molecule has 0 N–H and O–H groups in total. The highest BCUT2D eigenvalue weighted by molar-refractivity contribution is 7.89. The maximum absolute atomic E-state index is 13.6. The predicted octanol–water partition coefficient (Wildman–Crippen LogP) is 10.0. The number of pyridine rings is 1. The molecule has 0 fully saturated rings. The van der Waals surface area contributed by atoms with Crippen molar-refractivity contribution in [2.75, 3.05) is 6.61 Å². The highest BCUT2D eigenvalue weighted by Crippen LogP contribution is 2.27. The molecule has 0 spiro atoms. The van der Waals surface area contributed by atoms with Crippen molar-refractivity contribution in [3.05, 3.63) is 209 Å². The van der Waals surface area contributed by atoms with Crippen molar-refractivity contribution in [1.29, 1.82) is 0 Å². The average molecular weight is 1000 g/mol. The van der Waals surface area contributed by atoms with Crippen molar-refractivity contribution in [2.24, 2.45) is 0 Å². The summed E-state index contributed by atoms with van der Waals surface area (Å²) in [6.07, 6.45) is 9.33. The van der Waals surface area contributed by atoms with E-state index in [0.29, 0.717) is 23.6 Å². The van der Waals surface area contributed by atoms with Crippen molar-refractivity contribution >= 4 is 54.6 Å². The maximum Gasteiger partial charge on any atom is 0.245 e. The van der Waals surface area contributed by atoms with E-state index in [2.05, 4.69) is 15.1 Å². The molecular weight excluding hydrogens is 952 g/mol. The van der Waals surface area contributed by atoms with E-state index in [9.17, 15) is 26.4 Å². The fourth-order valence-electron chi connectivity index (χ4n) is 7.09. The molecular formula is C52H49ClN6O7S3. The van der Waals surface area contributed by atoms with Crippen LogP contribution in [-0.4, -0.2) is 63.4 Å². The monoisotopic (exact) mass is 1000 g/mol. The van der Waals surface area contributed by atoms with Gasteiger partial charge in [0, 0.05) is 79.6 Å². The number of Topliss-reactive ketones (excluding diaryl/α,β-unsaturated/α-hetero) is 2. The molecule has 0 amide bonds. The number of aryl methyl sites for hydroxylation is 1. The normalized spacial score (nSPS) is 11.6. The lowest BCUT2D eigenvalue weighted by Gasteiger charge is -2.23. The molecule has 3 heterocycles. The third-order valence-corrected chi connectivity index (χ3v) is 15.3. The molecule has 0 unspecified atom stereocenters. The van der Waals surface area contributed by atoms with Gasteiger partial charge in [0.25, 0.3) is 0 Å². The Morgan fingerprint density at radius 1 is 0.638 bits per heavy atom. The number of carbonyl (C=O) groups is 2. The van der Waals surface area contributed by atoms with E-state index in [1.54, 1.807) is 84.0 Å². The molecule has 0 radical (unpaired) electrons. The van der Waals surface area contributed by atoms with Gasteiger partial charge in [-0.3, -0.25) is 9.78 Å². The van der Waals surface area contributed by atoms with E-state index < -0.39 is 20.0 Å². The van der Waals surface area contributed by atoms with E-state index in [1.165, 1.54) is 33.9 Å². The Balaban J connectivity index is 0.000000204. The van der Waals surface area contributed by atoms with Gasteiger partial charge in [0.2, 0.25) is 20.0 Å². The summed E-state index contributed by atoms with van der Waals surface area (Å²) in [7, 11) is -7.63. The highest BCUT2D eigenvalue weighted by atomic mass is 35.5. The van der Waals surface area contributed by atoms with E-state index in [-0.39, 0.29) is 54.1 Å². The van der Waals surface area contributed by atoms with Crippen LogP contribution in [0.1, 0.15) is 48.1 Å². The van der Waals surface area contributed by atoms with Crippen LogP contribution < -0.4 is 4.74 Å². The first-order valence-electron chi connectivity index (χ1n) is 21.7. The zero-order chi connectivity index (χ0) is 48.8. The minimum atomic E-state index is -3.84. The first kappa shape index (κ1) is 50.2. The molecule has 3 aromatic heterocycles. The number of hydrogen-bond donors (Lipinski definition) is 0. The fourth-order valence-corrected chi connectivity index (χ4v) is 10.7. The van der Waals surface area contributed by atoms with Crippen LogP contribution in [-0.2, 0) is 62.2 Å². The Bertz CT molecular complexity index is 3160. The Morgan fingerprint density at radius 3 is 1.86 bits per heavy atom. The summed E-state index contributed by atoms with van der Waals surface area (Å²) in [5, 5.41) is 7.51. The molecule has 354 valence electrons. The number of ether oxygens (including phenoxy) is 1. The SMILES string of the molecule is CC(=O)CCc1cccc(CN(Cc2ccc(-n3cccn3)cc2)S(=O)(=O)c2cccnc2)c1.CC(=O)COc1cccc(CN(Cc2ccc(-c3nccs3)cc2)S(=O)(=O)c2ccc(Cl)cc2)c1. The molecule has 0 saturated carbocycles. The summed E-state index contributed by atoms with van der Waals surface area (Å²) in [6.45, 7) is 3.67.